The van der Waals surface area contributed by atoms with Gasteiger partial charge in [-0.1, -0.05) is 29.8 Å². The number of furan rings is 1. The molecule has 8 heteroatoms. The topological polar surface area (TPSA) is 100 Å². The van der Waals surface area contributed by atoms with Crippen LogP contribution in [0.15, 0.2) is 83.1 Å². The van der Waals surface area contributed by atoms with E-state index in [2.05, 4.69) is 10.6 Å². The second-order valence-corrected chi connectivity index (χ2v) is 7.65. The van der Waals surface area contributed by atoms with Gasteiger partial charge in [-0.15, -0.1) is 0 Å². The van der Waals surface area contributed by atoms with Crippen molar-refractivity contribution in [2.45, 2.75) is 13.1 Å². The van der Waals surface area contributed by atoms with E-state index in [1.807, 2.05) is 30.3 Å². The molecule has 2 aromatic heterocycles. The van der Waals surface area contributed by atoms with Crippen molar-refractivity contribution < 1.29 is 14.0 Å². The number of benzene rings is 2. The molecule has 4 aromatic rings. The summed E-state index contributed by atoms with van der Waals surface area (Å²) in [4.78, 5) is 25.1. The number of fused-ring (bicyclic) bond motifs is 1. The zero-order chi connectivity index (χ0) is 23.2. The molecule has 0 radical (unpaired) electrons. The summed E-state index contributed by atoms with van der Waals surface area (Å²) < 4.78 is 7.01. The molecule has 0 aliphatic carbocycles. The molecular weight excluding hydrogens is 440 g/mol. The molecule has 0 aliphatic rings. The molecule has 0 saturated heterocycles. The fourth-order valence-corrected chi connectivity index (χ4v) is 3.49. The van der Waals surface area contributed by atoms with Crippen LogP contribution in [-0.2, 0) is 22.7 Å². The maximum Gasteiger partial charge on any atom is 0.266 e. The number of aromatic nitrogens is 1. The van der Waals surface area contributed by atoms with E-state index in [0.717, 1.165) is 10.9 Å². The highest BCUT2D eigenvalue weighted by Gasteiger charge is 2.14. The van der Waals surface area contributed by atoms with Crippen molar-refractivity contribution in [2.24, 2.45) is 0 Å². The average molecular weight is 459 g/mol. The van der Waals surface area contributed by atoms with Crippen molar-refractivity contribution in [1.82, 2.24) is 9.88 Å². The smallest absolute Gasteiger partial charge is 0.266 e. The Bertz CT molecular complexity index is 1360. The molecule has 2 N–H and O–H groups in total. The summed E-state index contributed by atoms with van der Waals surface area (Å²) in [6.07, 6.45) is 4.82. The number of anilines is 1. The van der Waals surface area contributed by atoms with Crippen LogP contribution in [0, 0.1) is 11.3 Å². The third-order valence-corrected chi connectivity index (χ3v) is 5.19. The third-order valence-electron chi connectivity index (χ3n) is 4.94. The Morgan fingerprint density at radius 1 is 1.09 bits per heavy atom. The predicted octanol–water partition coefficient (Wildman–Crippen LogP) is 4.75. The number of hydrogen-bond donors (Lipinski definition) is 2. The zero-order valence-corrected chi connectivity index (χ0v) is 18.2. The molecule has 0 fully saturated rings. The van der Waals surface area contributed by atoms with Gasteiger partial charge in [0.1, 0.15) is 23.9 Å². The van der Waals surface area contributed by atoms with Crippen molar-refractivity contribution in [3.05, 3.63) is 95.0 Å². The second-order valence-electron chi connectivity index (χ2n) is 7.22. The van der Waals surface area contributed by atoms with Crippen molar-refractivity contribution in [1.29, 1.82) is 5.26 Å². The van der Waals surface area contributed by atoms with Gasteiger partial charge in [0.25, 0.3) is 5.91 Å². The highest BCUT2D eigenvalue weighted by atomic mass is 35.5. The average Bonchev–Trinajstić information content (AvgIpc) is 3.46. The van der Waals surface area contributed by atoms with E-state index in [0.29, 0.717) is 28.6 Å². The molecule has 0 unspecified atom stereocenters. The van der Waals surface area contributed by atoms with E-state index in [4.69, 9.17) is 16.0 Å². The van der Waals surface area contributed by atoms with Gasteiger partial charge < -0.3 is 19.6 Å². The minimum atomic E-state index is -0.534. The molecule has 0 aliphatic heterocycles. The lowest BCUT2D eigenvalue weighted by Gasteiger charge is -2.06. The van der Waals surface area contributed by atoms with Crippen LogP contribution in [0.3, 0.4) is 0 Å². The number of carbonyl (C=O) groups is 2. The largest absolute Gasteiger partial charge is 0.467 e. The summed E-state index contributed by atoms with van der Waals surface area (Å²) in [5.41, 5.74) is 1.94. The molecule has 4 rings (SSSR count). The van der Waals surface area contributed by atoms with E-state index in [9.17, 15) is 14.9 Å². The van der Waals surface area contributed by atoms with Gasteiger partial charge in [0.05, 0.1) is 12.8 Å². The summed E-state index contributed by atoms with van der Waals surface area (Å²) in [7, 11) is 0. The van der Waals surface area contributed by atoms with Crippen LogP contribution < -0.4 is 10.6 Å². The van der Waals surface area contributed by atoms with Gasteiger partial charge in [-0.3, -0.25) is 9.59 Å². The van der Waals surface area contributed by atoms with E-state index in [1.54, 1.807) is 53.4 Å². The van der Waals surface area contributed by atoms with E-state index in [1.165, 1.54) is 6.08 Å². The van der Waals surface area contributed by atoms with Crippen LogP contribution in [0.5, 0.6) is 0 Å². The van der Waals surface area contributed by atoms with Crippen LogP contribution in [-0.4, -0.2) is 16.4 Å². The van der Waals surface area contributed by atoms with Crippen molar-refractivity contribution in [2.75, 3.05) is 5.32 Å². The zero-order valence-electron chi connectivity index (χ0n) is 17.4. The van der Waals surface area contributed by atoms with Crippen LogP contribution in [0.4, 0.5) is 5.69 Å². The predicted molar refractivity (Wildman–Crippen MR) is 126 cm³/mol. The van der Waals surface area contributed by atoms with Crippen LogP contribution in [0.25, 0.3) is 17.0 Å². The quantitative estimate of drug-likeness (QED) is 0.308. The standard InChI is InChI=1S/C25H19ClN4O3/c26-19-7-9-20(10-8-19)29-25(32)17(13-27)12-18-15-30(23-6-2-1-5-22(18)23)16-24(31)28-14-21-4-3-11-33-21/h1-12,15H,14,16H2,(H,28,31)(H,29,32). The number of nitrogens with zero attached hydrogens (tertiary/aromatic N) is 2. The number of nitrogens with one attached hydrogen (secondary N) is 2. The highest BCUT2D eigenvalue weighted by molar-refractivity contribution is 6.30. The van der Waals surface area contributed by atoms with Crippen molar-refractivity contribution in [3.8, 4) is 6.07 Å². The van der Waals surface area contributed by atoms with Crippen molar-refractivity contribution >= 4 is 46.1 Å². The first-order valence-electron chi connectivity index (χ1n) is 10.1. The first-order chi connectivity index (χ1) is 16.0. The Morgan fingerprint density at radius 3 is 2.61 bits per heavy atom. The van der Waals surface area contributed by atoms with E-state index >= 15 is 0 Å². The molecule has 164 valence electrons. The maximum absolute atomic E-state index is 12.6. The van der Waals surface area contributed by atoms with Crippen molar-refractivity contribution in [3.63, 3.8) is 0 Å². The molecule has 7 nitrogen and oxygen atoms in total. The first kappa shape index (κ1) is 21.9. The minimum absolute atomic E-state index is 0.0601. The normalized spacial score (nSPS) is 11.2. The number of halogens is 1. The van der Waals surface area contributed by atoms with E-state index in [-0.39, 0.29) is 18.0 Å². The van der Waals surface area contributed by atoms with Gasteiger partial charge in [-0.05, 0) is 48.5 Å². The molecule has 2 heterocycles. The van der Waals surface area contributed by atoms with Gasteiger partial charge in [0.15, 0.2) is 0 Å². The Labute approximate surface area is 194 Å². The fourth-order valence-electron chi connectivity index (χ4n) is 3.37. The Balaban J connectivity index is 1.55. The summed E-state index contributed by atoms with van der Waals surface area (Å²) in [6, 6.07) is 19.6. The monoisotopic (exact) mass is 458 g/mol. The molecule has 2 aromatic carbocycles. The SMILES string of the molecule is N#CC(=Cc1cn(CC(=O)NCc2ccco2)c2ccccc12)C(=O)Nc1ccc(Cl)cc1. The number of carbonyl (C=O) groups excluding carboxylic acids is 2. The molecule has 2 amide bonds. The summed E-state index contributed by atoms with van der Waals surface area (Å²) >= 11 is 5.87. The first-order valence-corrected chi connectivity index (χ1v) is 10.5. The van der Waals surface area contributed by atoms with Gasteiger partial charge >= 0.3 is 0 Å². The molecule has 0 bridgehead atoms. The second kappa shape index (κ2) is 9.90. The van der Waals surface area contributed by atoms with E-state index < -0.39 is 5.91 Å². The molecule has 0 spiro atoms. The molecule has 33 heavy (non-hydrogen) atoms. The lowest BCUT2D eigenvalue weighted by atomic mass is 10.1. The van der Waals surface area contributed by atoms with Gasteiger partial charge in [-0.25, -0.2) is 0 Å². The third kappa shape index (κ3) is 5.32. The van der Waals surface area contributed by atoms with Crippen LogP contribution >= 0.6 is 11.6 Å². The lowest BCUT2D eigenvalue weighted by Crippen LogP contribution is -2.26. The number of hydrogen-bond acceptors (Lipinski definition) is 4. The summed E-state index contributed by atoms with van der Waals surface area (Å²) in [5.74, 6) is -0.0637. The highest BCUT2D eigenvalue weighted by Crippen LogP contribution is 2.24. The fraction of sp³-hybridized carbons (Fsp3) is 0.0800. The molecular formula is C25H19ClN4O3. The maximum atomic E-state index is 12.6. The lowest BCUT2D eigenvalue weighted by molar-refractivity contribution is -0.121. The summed E-state index contributed by atoms with van der Waals surface area (Å²) in [5, 5.41) is 16.5. The Kier molecular flexibility index (Phi) is 6.58. The van der Waals surface area contributed by atoms with Crippen LogP contribution in [0.1, 0.15) is 11.3 Å². The van der Waals surface area contributed by atoms with Gasteiger partial charge in [0, 0.05) is 33.4 Å². The number of nitriles is 1. The minimum Gasteiger partial charge on any atom is -0.467 e. The number of para-hydroxylation sites is 1. The number of amides is 2. The Hall–Kier alpha value is -4.28. The van der Waals surface area contributed by atoms with Crippen LogP contribution in [0.2, 0.25) is 5.02 Å². The summed E-state index contributed by atoms with van der Waals surface area (Å²) in [6.45, 7) is 0.370. The number of rotatable bonds is 7. The Morgan fingerprint density at radius 2 is 1.88 bits per heavy atom. The molecule has 0 saturated carbocycles. The van der Waals surface area contributed by atoms with Gasteiger partial charge in [0.2, 0.25) is 5.91 Å². The molecule has 0 atom stereocenters. The van der Waals surface area contributed by atoms with Gasteiger partial charge in [-0.2, -0.15) is 5.26 Å².